The van der Waals surface area contributed by atoms with E-state index in [4.69, 9.17) is 9.47 Å². The predicted octanol–water partition coefficient (Wildman–Crippen LogP) is 4.93. The minimum absolute atomic E-state index is 0.0970. The summed E-state index contributed by atoms with van der Waals surface area (Å²) in [6.07, 6.45) is 0. The van der Waals surface area contributed by atoms with E-state index in [-0.39, 0.29) is 17.7 Å². The molecule has 0 aromatic heterocycles. The van der Waals surface area contributed by atoms with Crippen LogP contribution in [0.5, 0.6) is 11.5 Å². The molecule has 0 bridgehead atoms. The third kappa shape index (κ3) is 4.04. The Labute approximate surface area is 145 Å². The van der Waals surface area contributed by atoms with Crippen LogP contribution in [0, 0.1) is 12.7 Å². The SMILES string of the molecule is Cc1c(F)ccc(OCc2ccccc2)c1C(=O)Oc1ccccc1. The topological polar surface area (TPSA) is 35.5 Å². The van der Waals surface area contributed by atoms with Gasteiger partial charge in [0, 0.05) is 5.56 Å². The molecule has 0 aliphatic heterocycles. The summed E-state index contributed by atoms with van der Waals surface area (Å²) in [6.45, 7) is 1.81. The summed E-state index contributed by atoms with van der Waals surface area (Å²) in [5, 5.41) is 0. The second kappa shape index (κ2) is 7.62. The van der Waals surface area contributed by atoms with Crippen molar-refractivity contribution in [1.29, 1.82) is 0 Å². The van der Waals surface area contributed by atoms with Crippen molar-refractivity contribution in [2.45, 2.75) is 13.5 Å². The molecule has 25 heavy (non-hydrogen) atoms. The van der Waals surface area contributed by atoms with E-state index in [1.165, 1.54) is 19.1 Å². The van der Waals surface area contributed by atoms with E-state index in [1.54, 1.807) is 24.3 Å². The maximum atomic E-state index is 14.0. The highest BCUT2D eigenvalue weighted by atomic mass is 19.1. The summed E-state index contributed by atoms with van der Waals surface area (Å²) in [6, 6.07) is 20.9. The van der Waals surface area contributed by atoms with E-state index in [1.807, 2.05) is 36.4 Å². The lowest BCUT2D eigenvalue weighted by Crippen LogP contribution is -2.13. The maximum absolute atomic E-state index is 14.0. The highest BCUT2D eigenvalue weighted by Crippen LogP contribution is 2.27. The standard InChI is InChI=1S/C21H17FO3/c1-15-18(22)12-13-19(24-14-16-8-4-2-5-9-16)20(15)21(23)25-17-10-6-3-7-11-17/h2-13H,14H2,1H3. The van der Waals surface area contributed by atoms with Gasteiger partial charge in [0.2, 0.25) is 0 Å². The molecule has 0 aliphatic carbocycles. The Morgan fingerprint density at radius 3 is 2.24 bits per heavy atom. The van der Waals surface area contributed by atoms with Crippen molar-refractivity contribution in [3.63, 3.8) is 0 Å². The fourth-order valence-corrected chi connectivity index (χ4v) is 2.42. The summed E-state index contributed by atoms with van der Waals surface area (Å²) in [7, 11) is 0. The Morgan fingerprint density at radius 2 is 1.56 bits per heavy atom. The molecule has 3 aromatic rings. The van der Waals surface area contributed by atoms with Gasteiger partial charge in [0.15, 0.2) is 0 Å². The normalized spacial score (nSPS) is 10.3. The molecule has 3 nitrogen and oxygen atoms in total. The zero-order valence-corrected chi connectivity index (χ0v) is 13.7. The summed E-state index contributed by atoms with van der Waals surface area (Å²) in [5.41, 5.74) is 1.25. The monoisotopic (exact) mass is 336 g/mol. The van der Waals surface area contributed by atoms with Crippen LogP contribution in [0.2, 0.25) is 0 Å². The highest BCUT2D eigenvalue weighted by molar-refractivity contribution is 5.95. The number of para-hydroxylation sites is 1. The minimum atomic E-state index is -0.647. The number of carbonyl (C=O) groups is 1. The molecule has 3 aromatic carbocycles. The van der Waals surface area contributed by atoms with E-state index in [9.17, 15) is 9.18 Å². The first-order chi connectivity index (χ1) is 12.1. The fourth-order valence-electron chi connectivity index (χ4n) is 2.42. The fraction of sp³-hybridized carbons (Fsp3) is 0.0952. The first-order valence-corrected chi connectivity index (χ1v) is 7.88. The van der Waals surface area contributed by atoms with Crippen LogP contribution in [-0.4, -0.2) is 5.97 Å². The van der Waals surface area contributed by atoms with Gasteiger partial charge in [-0.1, -0.05) is 48.5 Å². The van der Waals surface area contributed by atoms with Crippen molar-refractivity contribution >= 4 is 5.97 Å². The number of hydrogen-bond acceptors (Lipinski definition) is 3. The molecule has 0 unspecified atom stereocenters. The molecule has 126 valence electrons. The van der Waals surface area contributed by atoms with Crippen LogP contribution in [0.1, 0.15) is 21.5 Å². The second-order valence-corrected chi connectivity index (χ2v) is 5.52. The minimum Gasteiger partial charge on any atom is -0.488 e. The lowest BCUT2D eigenvalue weighted by atomic mass is 10.1. The van der Waals surface area contributed by atoms with Gasteiger partial charge in [-0.2, -0.15) is 0 Å². The second-order valence-electron chi connectivity index (χ2n) is 5.52. The van der Waals surface area contributed by atoms with Crippen LogP contribution in [0.15, 0.2) is 72.8 Å². The van der Waals surface area contributed by atoms with E-state index in [2.05, 4.69) is 0 Å². The summed E-state index contributed by atoms with van der Waals surface area (Å²) < 4.78 is 25.1. The number of esters is 1. The molecule has 0 radical (unpaired) electrons. The van der Waals surface area contributed by atoms with Crippen LogP contribution in [0.25, 0.3) is 0 Å². The molecule has 0 aliphatic rings. The molecule has 0 saturated carbocycles. The average Bonchev–Trinajstić information content (AvgIpc) is 2.64. The molecular weight excluding hydrogens is 319 g/mol. The van der Waals surface area contributed by atoms with Crippen molar-refractivity contribution in [3.8, 4) is 11.5 Å². The summed E-state index contributed by atoms with van der Waals surface area (Å²) in [4.78, 5) is 12.6. The average molecular weight is 336 g/mol. The van der Waals surface area contributed by atoms with Gasteiger partial charge in [-0.3, -0.25) is 0 Å². The summed E-state index contributed by atoms with van der Waals surface area (Å²) in [5.74, 6) is -0.438. The van der Waals surface area contributed by atoms with Crippen LogP contribution in [0.4, 0.5) is 4.39 Å². The molecule has 0 spiro atoms. The third-order valence-electron chi connectivity index (χ3n) is 3.76. The Kier molecular flexibility index (Phi) is 5.09. The van der Waals surface area contributed by atoms with Gasteiger partial charge in [0.1, 0.15) is 29.5 Å². The number of halogens is 1. The Balaban J connectivity index is 1.86. The van der Waals surface area contributed by atoms with E-state index in [0.29, 0.717) is 11.5 Å². The van der Waals surface area contributed by atoms with Crippen molar-refractivity contribution in [1.82, 2.24) is 0 Å². The number of hydrogen-bond donors (Lipinski definition) is 0. The van der Waals surface area contributed by atoms with Gasteiger partial charge in [-0.25, -0.2) is 9.18 Å². The largest absolute Gasteiger partial charge is 0.488 e. The molecule has 3 rings (SSSR count). The van der Waals surface area contributed by atoms with E-state index < -0.39 is 11.8 Å². The molecule has 0 amide bonds. The van der Waals surface area contributed by atoms with Gasteiger partial charge < -0.3 is 9.47 Å². The van der Waals surface area contributed by atoms with Crippen LogP contribution in [0.3, 0.4) is 0 Å². The molecule has 0 heterocycles. The van der Waals surface area contributed by atoms with Gasteiger partial charge in [0.05, 0.1) is 0 Å². The number of carbonyl (C=O) groups excluding carboxylic acids is 1. The van der Waals surface area contributed by atoms with Crippen molar-refractivity contribution in [2.24, 2.45) is 0 Å². The molecule has 0 atom stereocenters. The Morgan fingerprint density at radius 1 is 0.920 bits per heavy atom. The van der Waals surface area contributed by atoms with E-state index >= 15 is 0 Å². The lowest BCUT2D eigenvalue weighted by Gasteiger charge is -2.14. The highest BCUT2D eigenvalue weighted by Gasteiger charge is 2.21. The van der Waals surface area contributed by atoms with Crippen molar-refractivity contribution in [2.75, 3.05) is 0 Å². The van der Waals surface area contributed by atoms with Crippen LogP contribution < -0.4 is 9.47 Å². The Hall–Kier alpha value is -3.14. The van der Waals surface area contributed by atoms with Crippen LogP contribution >= 0.6 is 0 Å². The van der Waals surface area contributed by atoms with E-state index in [0.717, 1.165) is 5.56 Å². The maximum Gasteiger partial charge on any atom is 0.347 e. The molecule has 0 saturated heterocycles. The lowest BCUT2D eigenvalue weighted by molar-refractivity contribution is 0.0728. The Bertz CT molecular complexity index is 861. The molecular formula is C21H17FO3. The first kappa shape index (κ1) is 16.7. The molecule has 0 fully saturated rings. The van der Waals surface area contributed by atoms with Gasteiger partial charge >= 0.3 is 5.97 Å². The molecule has 0 N–H and O–H groups in total. The zero-order chi connectivity index (χ0) is 17.6. The third-order valence-corrected chi connectivity index (χ3v) is 3.76. The van der Waals surface area contributed by atoms with Crippen molar-refractivity contribution < 1.29 is 18.7 Å². The first-order valence-electron chi connectivity index (χ1n) is 7.88. The predicted molar refractivity (Wildman–Crippen MR) is 93.3 cm³/mol. The zero-order valence-electron chi connectivity index (χ0n) is 13.7. The van der Waals surface area contributed by atoms with Crippen molar-refractivity contribution in [3.05, 3.63) is 95.3 Å². The van der Waals surface area contributed by atoms with Gasteiger partial charge in [-0.05, 0) is 36.8 Å². The summed E-state index contributed by atoms with van der Waals surface area (Å²) >= 11 is 0. The molecule has 4 heteroatoms. The number of rotatable bonds is 5. The van der Waals surface area contributed by atoms with Crippen LogP contribution in [-0.2, 0) is 6.61 Å². The van der Waals surface area contributed by atoms with Gasteiger partial charge in [0.25, 0.3) is 0 Å². The smallest absolute Gasteiger partial charge is 0.347 e. The number of benzene rings is 3. The number of ether oxygens (including phenoxy) is 2. The van der Waals surface area contributed by atoms with Gasteiger partial charge in [-0.15, -0.1) is 0 Å². The quantitative estimate of drug-likeness (QED) is 0.489.